The van der Waals surface area contributed by atoms with Gasteiger partial charge in [0, 0.05) is 19.5 Å². The Balaban J connectivity index is 2.61. The van der Waals surface area contributed by atoms with E-state index in [0.717, 1.165) is 24.5 Å². The SMILES string of the molecule is CCN(CC)C(=O)CCn1nc(C)c(Cl)c1C. The van der Waals surface area contributed by atoms with Crippen LogP contribution in [0.3, 0.4) is 0 Å². The number of nitrogens with zero attached hydrogens (tertiary/aromatic N) is 3. The van der Waals surface area contributed by atoms with Gasteiger partial charge in [-0.1, -0.05) is 11.6 Å². The lowest BCUT2D eigenvalue weighted by molar-refractivity contribution is -0.131. The van der Waals surface area contributed by atoms with Crippen LogP contribution >= 0.6 is 11.6 Å². The van der Waals surface area contributed by atoms with Crippen molar-refractivity contribution in [3.05, 3.63) is 16.4 Å². The number of amides is 1. The highest BCUT2D eigenvalue weighted by atomic mass is 35.5. The van der Waals surface area contributed by atoms with Gasteiger partial charge in [-0.15, -0.1) is 0 Å². The fraction of sp³-hybridized carbons (Fsp3) is 0.667. The zero-order chi connectivity index (χ0) is 13.0. The highest BCUT2D eigenvalue weighted by Crippen LogP contribution is 2.19. The molecule has 0 aliphatic heterocycles. The van der Waals surface area contributed by atoms with Gasteiger partial charge in [0.1, 0.15) is 0 Å². The summed E-state index contributed by atoms with van der Waals surface area (Å²) in [4.78, 5) is 13.7. The van der Waals surface area contributed by atoms with Gasteiger partial charge in [-0.3, -0.25) is 9.48 Å². The van der Waals surface area contributed by atoms with E-state index in [9.17, 15) is 4.79 Å². The molecule has 0 bridgehead atoms. The van der Waals surface area contributed by atoms with Crippen LogP contribution in [0.25, 0.3) is 0 Å². The molecule has 0 aliphatic rings. The van der Waals surface area contributed by atoms with Crippen LogP contribution in [-0.2, 0) is 11.3 Å². The fourth-order valence-corrected chi connectivity index (χ4v) is 1.96. The maximum Gasteiger partial charge on any atom is 0.224 e. The fourth-order valence-electron chi connectivity index (χ4n) is 1.83. The molecule has 0 radical (unpaired) electrons. The standard InChI is InChI=1S/C12H20ClN3O/c1-5-15(6-2)11(17)7-8-16-10(4)12(13)9(3)14-16/h5-8H2,1-4H3. The second-order valence-corrected chi connectivity index (χ2v) is 4.40. The summed E-state index contributed by atoms with van der Waals surface area (Å²) < 4.78 is 1.80. The second-order valence-electron chi connectivity index (χ2n) is 4.02. The Labute approximate surface area is 108 Å². The van der Waals surface area contributed by atoms with E-state index in [1.807, 2.05) is 32.6 Å². The summed E-state index contributed by atoms with van der Waals surface area (Å²) in [7, 11) is 0. The lowest BCUT2D eigenvalue weighted by Crippen LogP contribution is -2.31. The quantitative estimate of drug-likeness (QED) is 0.813. The smallest absolute Gasteiger partial charge is 0.224 e. The molecule has 17 heavy (non-hydrogen) atoms. The van der Waals surface area contributed by atoms with E-state index >= 15 is 0 Å². The number of carbonyl (C=O) groups is 1. The lowest BCUT2D eigenvalue weighted by atomic mass is 10.3. The molecule has 1 heterocycles. The summed E-state index contributed by atoms with van der Waals surface area (Å²) in [5.74, 6) is 0.165. The van der Waals surface area contributed by atoms with Gasteiger partial charge in [0.05, 0.1) is 23.0 Å². The van der Waals surface area contributed by atoms with Crippen molar-refractivity contribution in [2.45, 2.75) is 40.7 Å². The molecule has 4 nitrogen and oxygen atoms in total. The maximum absolute atomic E-state index is 11.8. The van der Waals surface area contributed by atoms with Crippen LogP contribution in [0.4, 0.5) is 0 Å². The third-order valence-corrected chi connectivity index (χ3v) is 3.49. The van der Waals surface area contributed by atoms with Crippen molar-refractivity contribution in [3.63, 3.8) is 0 Å². The Morgan fingerprint density at radius 3 is 2.35 bits per heavy atom. The van der Waals surface area contributed by atoms with Crippen molar-refractivity contribution in [2.75, 3.05) is 13.1 Å². The van der Waals surface area contributed by atoms with Crippen LogP contribution in [0.2, 0.25) is 5.02 Å². The van der Waals surface area contributed by atoms with E-state index in [4.69, 9.17) is 11.6 Å². The van der Waals surface area contributed by atoms with Crippen LogP contribution < -0.4 is 0 Å². The normalized spacial score (nSPS) is 10.6. The summed E-state index contributed by atoms with van der Waals surface area (Å²) in [5, 5.41) is 5.00. The van der Waals surface area contributed by atoms with Gasteiger partial charge in [0.2, 0.25) is 5.91 Å². The highest BCUT2D eigenvalue weighted by molar-refractivity contribution is 6.31. The Morgan fingerprint density at radius 1 is 1.35 bits per heavy atom. The van der Waals surface area contributed by atoms with Crippen molar-refractivity contribution in [3.8, 4) is 0 Å². The Morgan fingerprint density at radius 2 is 1.94 bits per heavy atom. The molecule has 5 heteroatoms. The predicted octanol–water partition coefficient (Wildman–Crippen LogP) is 2.41. The number of aromatic nitrogens is 2. The first-order chi connectivity index (χ1) is 8.01. The van der Waals surface area contributed by atoms with E-state index in [1.165, 1.54) is 0 Å². The largest absolute Gasteiger partial charge is 0.343 e. The van der Waals surface area contributed by atoms with Gasteiger partial charge in [0.25, 0.3) is 0 Å². The molecular weight excluding hydrogens is 238 g/mol. The molecule has 0 N–H and O–H groups in total. The number of halogens is 1. The summed E-state index contributed by atoms with van der Waals surface area (Å²) in [6.45, 7) is 9.88. The van der Waals surface area contributed by atoms with Crippen LogP contribution in [0.5, 0.6) is 0 Å². The summed E-state index contributed by atoms with van der Waals surface area (Å²) in [6, 6.07) is 0. The summed E-state index contributed by atoms with van der Waals surface area (Å²) in [6.07, 6.45) is 0.472. The van der Waals surface area contributed by atoms with Gasteiger partial charge >= 0.3 is 0 Å². The molecule has 1 amide bonds. The topological polar surface area (TPSA) is 38.1 Å². The zero-order valence-corrected chi connectivity index (χ0v) is 11.7. The Bertz CT molecular complexity index is 397. The first-order valence-electron chi connectivity index (χ1n) is 5.98. The molecule has 0 unspecified atom stereocenters. The van der Waals surface area contributed by atoms with Crippen molar-refractivity contribution in [2.24, 2.45) is 0 Å². The molecule has 0 aliphatic carbocycles. The van der Waals surface area contributed by atoms with Gasteiger partial charge in [0.15, 0.2) is 0 Å². The third kappa shape index (κ3) is 3.22. The first-order valence-corrected chi connectivity index (χ1v) is 6.36. The van der Waals surface area contributed by atoms with Crippen LogP contribution in [0.15, 0.2) is 0 Å². The summed E-state index contributed by atoms with van der Waals surface area (Å²) >= 11 is 6.05. The van der Waals surface area contributed by atoms with Gasteiger partial charge in [-0.25, -0.2) is 0 Å². The minimum Gasteiger partial charge on any atom is -0.343 e. The van der Waals surface area contributed by atoms with Gasteiger partial charge < -0.3 is 4.90 Å². The Hall–Kier alpha value is -1.03. The van der Waals surface area contributed by atoms with E-state index in [-0.39, 0.29) is 5.91 Å². The van der Waals surface area contributed by atoms with Gasteiger partial charge in [-0.05, 0) is 27.7 Å². The first kappa shape index (κ1) is 14.0. The Kier molecular flexibility index (Phi) is 5.00. The third-order valence-electron chi connectivity index (χ3n) is 2.95. The number of hydrogen-bond acceptors (Lipinski definition) is 2. The number of hydrogen-bond donors (Lipinski definition) is 0. The maximum atomic E-state index is 11.8. The molecular formula is C12H20ClN3O. The van der Waals surface area contributed by atoms with E-state index < -0.39 is 0 Å². The molecule has 0 saturated carbocycles. The van der Waals surface area contributed by atoms with Crippen LogP contribution in [0, 0.1) is 13.8 Å². The zero-order valence-electron chi connectivity index (χ0n) is 11.0. The van der Waals surface area contributed by atoms with Gasteiger partial charge in [-0.2, -0.15) is 5.10 Å². The van der Waals surface area contributed by atoms with E-state index in [2.05, 4.69) is 5.10 Å². The van der Waals surface area contributed by atoms with Crippen molar-refractivity contribution >= 4 is 17.5 Å². The molecule has 0 aromatic carbocycles. The minimum atomic E-state index is 0.165. The lowest BCUT2D eigenvalue weighted by Gasteiger charge is -2.18. The average Bonchev–Trinajstić information content (AvgIpc) is 2.56. The second kappa shape index (κ2) is 6.05. The van der Waals surface area contributed by atoms with Crippen molar-refractivity contribution in [1.29, 1.82) is 0 Å². The monoisotopic (exact) mass is 257 g/mol. The molecule has 0 atom stereocenters. The molecule has 0 fully saturated rings. The summed E-state index contributed by atoms with van der Waals surface area (Å²) in [5.41, 5.74) is 1.75. The number of rotatable bonds is 5. The number of aryl methyl sites for hydroxylation is 2. The molecule has 96 valence electrons. The minimum absolute atomic E-state index is 0.165. The van der Waals surface area contributed by atoms with E-state index in [0.29, 0.717) is 18.0 Å². The molecule has 1 rings (SSSR count). The molecule has 0 saturated heterocycles. The van der Waals surface area contributed by atoms with Crippen LogP contribution in [0.1, 0.15) is 31.7 Å². The average molecular weight is 258 g/mol. The van der Waals surface area contributed by atoms with Crippen LogP contribution in [-0.4, -0.2) is 33.7 Å². The predicted molar refractivity (Wildman–Crippen MR) is 69.3 cm³/mol. The van der Waals surface area contributed by atoms with Crippen molar-refractivity contribution in [1.82, 2.24) is 14.7 Å². The molecule has 1 aromatic rings. The van der Waals surface area contributed by atoms with E-state index in [1.54, 1.807) is 4.68 Å². The van der Waals surface area contributed by atoms with Crippen molar-refractivity contribution < 1.29 is 4.79 Å². The molecule has 0 spiro atoms. The molecule has 1 aromatic heterocycles. The number of carbonyl (C=O) groups excluding carboxylic acids is 1. The highest BCUT2D eigenvalue weighted by Gasteiger charge is 2.13.